The van der Waals surface area contributed by atoms with Gasteiger partial charge in [0.1, 0.15) is 0 Å². The van der Waals surface area contributed by atoms with Gasteiger partial charge in [-0.25, -0.2) is 0 Å². The number of amides is 3. The maximum Gasteiger partial charge on any atom is 0.253 e. The molecular weight excluding hydrogens is 482 g/mol. The highest BCUT2D eigenvalue weighted by Gasteiger charge is 2.35. The third-order valence-electron chi connectivity index (χ3n) is 5.60. The van der Waals surface area contributed by atoms with Crippen molar-refractivity contribution in [2.75, 3.05) is 16.8 Å². The van der Waals surface area contributed by atoms with Crippen LogP contribution in [-0.2, 0) is 16.1 Å². The molecule has 0 unspecified atom stereocenters. The lowest BCUT2D eigenvalue weighted by molar-refractivity contribution is -0.122. The molecule has 4 rings (SSSR count). The molecule has 0 spiro atoms. The van der Waals surface area contributed by atoms with Crippen LogP contribution in [0.15, 0.2) is 77.3 Å². The lowest BCUT2D eigenvalue weighted by Crippen LogP contribution is -2.29. The first-order valence-corrected chi connectivity index (χ1v) is 11.5. The Morgan fingerprint density at radius 3 is 2.55 bits per heavy atom. The maximum absolute atomic E-state index is 13.0. The quantitative estimate of drug-likeness (QED) is 0.510. The van der Waals surface area contributed by atoms with Crippen LogP contribution in [0.2, 0.25) is 0 Å². The van der Waals surface area contributed by atoms with Crippen LogP contribution in [0.3, 0.4) is 0 Å². The van der Waals surface area contributed by atoms with Crippen LogP contribution in [0.1, 0.15) is 27.9 Å². The second-order valence-electron chi connectivity index (χ2n) is 8.09. The number of benzene rings is 3. The Morgan fingerprint density at radius 1 is 1.03 bits per heavy atom. The van der Waals surface area contributed by atoms with Crippen molar-refractivity contribution in [2.24, 2.45) is 5.92 Å². The molecular formula is C26H24BrN3O3. The van der Waals surface area contributed by atoms with Crippen LogP contribution in [-0.4, -0.2) is 24.3 Å². The summed E-state index contributed by atoms with van der Waals surface area (Å²) in [7, 11) is 0. The van der Waals surface area contributed by atoms with Gasteiger partial charge in [-0.15, -0.1) is 0 Å². The van der Waals surface area contributed by atoms with E-state index in [1.807, 2.05) is 55.5 Å². The van der Waals surface area contributed by atoms with Crippen molar-refractivity contribution in [2.45, 2.75) is 19.9 Å². The highest BCUT2D eigenvalue weighted by molar-refractivity contribution is 9.10. The first kappa shape index (κ1) is 22.7. The zero-order valence-electron chi connectivity index (χ0n) is 18.2. The molecule has 33 heavy (non-hydrogen) atoms. The first-order chi connectivity index (χ1) is 15.9. The van der Waals surface area contributed by atoms with Crippen molar-refractivity contribution < 1.29 is 14.4 Å². The fraction of sp³-hybridized carbons (Fsp3) is 0.192. The lowest BCUT2D eigenvalue weighted by atomic mass is 10.1. The van der Waals surface area contributed by atoms with E-state index in [2.05, 4.69) is 26.6 Å². The molecule has 1 aliphatic rings. The van der Waals surface area contributed by atoms with E-state index in [4.69, 9.17) is 0 Å². The summed E-state index contributed by atoms with van der Waals surface area (Å²) in [5, 5.41) is 5.77. The Bertz CT molecular complexity index is 1190. The highest BCUT2D eigenvalue weighted by atomic mass is 79.9. The fourth-order valence-electron chi connectivity index (χ4n) is 3.88. The molecule has 0 aliphatic carbocycles. The van der Waals surface area contributed by atoms with Gasteiger partial charge in [0.25, 0.3) is 5.91 Å². The summed E-state index contributed by atoms with van der Waals surface area (Å²) in [6.45, 7) is 2.69. The molecule has 1 atom stereocenters. The SMILES string of the molecule is Cc1cccc(CNC(=O)c2ccccc2NC(=O)[C@H]2CC(=O)N(c3ccc(Br)cc3)C2)c1. The summed E-state index contributed by atoms with van der Waals surface area (Å²) < 4.78 is 0.921. The molecule has 1 fully saturated rings. The van der Waals surface area contributed by atoms with Crippen molar-refractivity contribution in [3.63, 3.8) is 0 Å². The van der Waals surface area contributed by atoms with Gasteiger partial charge >= 0.3 is 0 Å². The number of para-hydroxylation sites is 1. The molecule has 0 radical (unpaired) electrons. The van der Waals surface area contributed by atoms with E-state index in [0.29, 0.717) is 24.3 Å². The summed E-state index contributed by atoms with van der Waals surface area (Å²) in [5.41, 5.74) is 3.70. The third kappa shape index (κ3) is 5.49. The average Bonchev–Trinajstić information content (AvgIpc) is 3.20. The lowest BCUT2D eigenvalue weighted by Gasteiger charge is -2.17. The van der Waals surface area contributed by atoms with Crippen molar-refractivity contribution in [3.05, 3.63) is 94.0 Å². The zero-order valence-corrected chi connectivity index (χ0v) is 19.8. The van der Waals surface area contributed by atoms with Crippen molar-refractivity contribution in [3.8, 4) is 0 Å². The van der Waals surface area contributed by atoms with Crippen LogP contribution in [0.5, 0.6) is 0 Å². The van der Waals surface area contributed by atoms with Gasteiger partial charge in [-0.1, -0.05) is 57.9 Å². The predicted molar refractivity (Wildman–Crippen MR) is 132 cm³/mol. The van der Waals surface area contributed by atoms with Gasteiger partial charge in [-0.3, -0.25) is 14.4 Å². The molecule has 1 heterocycles. The molecule has 168 valence electrons. The summed E-state index contributed by atoms with van der Waals surface area (Å²) in [6.07, 6.45) is 0.129. The first-order valence-electron chi connectivity index (χ1n) is 10.7. The van der Waals surface area contributed by atoms with Crippen molar-refractivity contribution >= 4 is 45.0 Å². The molecule has 0 bridgehead atoms. The van der Waals surface area contributed by atoms with Gasteiger partial charge in [0.05, 0.1) is 17.2 Å². The van der Waals surface area contributed by atoms with E-state index in [1.165, 1.54) is 0 Å². The smallest absolute Gasteiger partial charge is 0.253 e. The van der Waals surface area contributed by atoms with Gasteiger partial charge < -0.3 is 15.5 Å². The van der Waals surface area contributed by atoms with Crippen LogP contribution in [0.25, 0.3) is 0 Å². The summed E-state index contributed by atoms with van der Waals surface area (Å²) in [4.78, 5) is 39.9. The Kier molecular flexibility index (Phi) is 6.89. The molecule has 1 saturated heterocycles. The van der Waals surface area contributed by atoms with E-state index in [1.54, 1.807) is 29.2 Å². The summed E-state index contributed by atoms with van der Waals surface area (Å²) >= 11 is 3.39. The number of nitrogens with one attached hydrogen (secondary N) is 2. The Balaban J connectivity index is 1.42. The zero-order chi connectivity index (χ0) is 23.4. The number of anilines is 2. The van der Waals surface area contributed by atoms with Gasteiger partial charge in [0.2, 0.25) is 11.8 Å². The number of hydrogen-bond acceptors (Lipinski definition) is 3. The van der Waals surface area contributed by atoms with E-state index in [9.17, 15) is 14.4 Å². The summed E-state index contributed by atoms with van der Waals surface area (Å²) in [6, 6.07) is 22.2. The molecule has 3 aromatic rings. The normalized spacial score (nSPS) is 15.4. The Labute approximate surface area is 201 Å². The number of halogens is 1. The monoisotopic (exact) mass is 505 g/mol. The molecule has 6 nitrogen and oxygen atoms in total. The second kappa shape index (κ2) is 10.0. The number of carbonyl (C=O) groups is 3. The highest BCUT2D eigenvalue weighted by Crippen LogP contribution is 2.27. The number of aryl methyl sites for hydroxylation is 1. The van der Waals surface area contributed by atoms with Crippen LogP contribution in [0.4, 0.5) is 11.4 Å². The fourth-order valence-corrected chi connectivity index (χ4v) is 4.14. The standard InChI is InChI=1S/C26H24BrN3O3/c1-17-5-4-6-18(13-17)15-28-26(33)22-7-2-3-8-23(22)29-25(32)19-14-24(31)30(16-19)21-11-9-20(27)10-12-21/h2-13,19H,14-16H2,1H3,(H,28,33)(H,29,32)/t19-/m0/s1. The average molecular weight is 506 g/mol. The Morgan fingerprint density at radius 2 is 1.79 bits per heavy atom. The topological polar surface area (TPSA) is 78.5 Å². The number of nitrogens with zero attached hydrogens (tertiary/aromatic N) is 1. The minimum atomic E-state index is -0.496. The molecule has 3 amide bonds. The van der Waals surface area contributed by atoms with Gasteiger partial charge in [-0.05, 0) is 48.9 Å². The maximum atomic E-state index is 13.0. The van der Waals surface area contributed by atoms with Gasteiger partial charge in [-0.2, -0.15) is 0 Å². The predicted octanol–water partition coefficient (Wildman–Crippen LogP) is 4.68. The second-order valence-corrected chi connectivity index (χ2v) is 9.00. The minimum absolute atomic E-state index is 0.0957. The Hall–Kier alpha value is -3.45. The number of hydrogen-bond donors (Lipinski definition) is 2. The third-order valence-corrected chi connectivity index (χ3v) is 6.13. The van der Waals surface area contributed by atoms with Crippen LogP contribution in [0, 0.1) is 12.8 Å². The van der Waals surface area contributed by atoms with E-state index in [0.717, 1.165) is 21.3 Å². The number of rotatable bonds is 6. The van der Waals surface area contributed by atoms with Crippen molar-refractivity contribution in [1.29, 1.82) is 0 Å². The van der Waals surface area contributed by atoms with Crippen LogP contribution < -0.4 is 15.5 Å². The van der Waals surface area contributed by atoms with E-state index >= 15 is 0 Å². The minimum Gasteiger partial charge on any atom is -0.348 e. The largest absolute Gasteiger partial charge is 0.348 e. The molecule has 0 saturated carbocycles. The van der Waals surface area contributed by atoms with Gasteiger partial charge in [0.15, 0.2) is 0 Å². The molecule has 1 aliphatic heterocycles. The molecule has 7 heteroatoms. The van der Waals surface area contributed by atoms with Gasteiger partial charge in [0, 0.05) is 29.7 Å². The van der Waals surface area contributed by atoms with Crippen LogP contribution >= 0.6 is 15.9 Å². The molecule has 3 aromatic carbocycles. The van der Waals surface area contributed by atoms with E-state index in [-0.39, 0.29) is 24.1 Å². The molecule has 2 N–H and O–H groups in total. The van der Waals surface area contributed by atoms with E-state index < -0.39 is 5.92 Å². The van der Waals surface area contributed by atoms with Crippen molar-refractivity contribution in [1.82, 2.24) is 5.32 Å². The molecule has 0 aromatic heterocycles. The summed E-state index contributed by atoms with van der Waals surface area (Å²) in [5.74, 6) is -1.14. The number of carbonyl (C=O) groups excluding carboxylic acids is 3.